The van der Waals surface area contributed by atoms with Crippen LogP contribution >= 0.6 is 0 Å². The Labute approximate surface area is 95.1 Å². The van der Waals surface area contributed by atoms with Crippen LogP contribution in [0.5, 0.6) is 0 Å². The largest absolute Gasteiger partial charge is 0.324 e. The number of rotatable bonds is 3. The highest BCUT2D eigenvalue weighted by Gasteiger charge is 2.10. The Morgan fingerprint density at radius 1 is 1.12 bits per heavy atom. The van der Waals surface area contributed by atoms with Crippen LogP contribution in [0.2, 0.25) is 0 Å². The average Bonchev–Trinajstić information content (AvgIpc) is 2.30. The van der Waals surface area contributed by atoms with Gasteiger partial charge in [0.05, 0.1) is 6.67 Å². The Kier molecular flexibility index (Phi) is 3.20. The summed E-state index contributed by atoms with van der Waals surface area (Å²) in [5.41, 5.74) is 8.25. The van der Waals surface area contributed by atoms with Crippen LogP contribution in [0.15, 0.2) is 36.4 Å². The summed E-state index contributed by atoms with van der Waals surface area (Å²) in [6, 6.07) is 12.0. The number of hydrogen-bond donors (Lipinski definition) is 1. The van der Waals surface area contributed by atoms with Gasteiger partial charge in [0, 0.05) is 6.04 Å². The predicted octanol–water partition coefficient (Wildman–Crippen LogP) is 3.51. The lowest BCUT2D eigenvalue weighted by atomic mass is 9.95. The minimum Gasteiger partial charge on any atom is -0.324 e. The quantitative estimate of drug-likeness (QED) is 0.836. The SMILES string of the molecule is Cc1ccc([C@H](N)CCF)c2ccccc12. The molecule has 0 unspecified atom stereocenters. The molecular weight excluding hydrogens is 201 g/mol. The zero-order valence-corrected chi connectivity index (χ0v) is 9.41. The van der Waals surface area contributed by atoms with E-state index in [9.17, 15) is 4.39 Å². The molecule has 0 aromatic heterocycles. The van der Waals surface area contributed by atoms with Gasteiger partial charge in [-0.3, -0.25) is 4.39 Å². The van der Waals surface area contributed by atoms with E-state index in [1.807, 2.05) is 18.2 Å². The molecule has 0 heterocycles. The highest BCUT2D eigenvalue weighted by molar-refractivity contribution is 5.88. The Morgan fingerprint density at radius 2 is 1.81 bits per heavy atom. The summed E-state index contributed by atoms with van der Waals surface area (Å²) in [5.74, 6) is 0. The van der Waals surface area contributed by atoms with Gasteiger partial charge in [-0.2, -0.15) is 0 Å². The molecule has 1 nitrogen and oxygen atoms in total. The van der Waals surface area contributed by atoms with Gasteiger partial charge < -0.3 is 5.73 Å². The third kappa shape index (κ3) is 1.93. The number of aryl methyl sites for hydroxylation is 1. The van der Waals surface area contributed by atoms with Gasteiger partial charge in [-0.05, 0) is 35.2 Å². The van der Waals surface area contributed by atoms with E-state index in [1.54, 1.807) is 0 Å². The van der Waals surface area contributed by atoms with Crippen LogP contribution < -0.4 is 5.73 Å². The molecule has 2 aromatic carbocycles. The van der Waals surface area contributed by atoms with E-state index in [1.165, 1.54) is 10.9 Å². The number of benzene rings is 2. The zero-order chi connectivity index (χ0) is 11.5. The number of alkyl halides is 1. The van der Waals surface area contributed by atoms with Gasteiger partial charge in [0.2, 0.25) is 0 Å². The normalized spacial score (nSPS) is 12.9. The smallest absolute Gasteiger partial charge is 0.0912 e. The molecular formula is C14H16FN. The molecule has 0 fully saturated rings. The van der Waals surface area contributed by atoms with E-state index in [4.69, 9.17) is 5.73 Å². The van der Waals surface area contributed by atoms with Crippen molar-refractivity contribution in [3.63, 3.8) is 0 Å². The van der Waals surface area contributed by atoms with Gasteiger partial charge >= 0.3 is 0 Å². The Hall–Kier alpha value is -1.41. The first kappa shape index (κ1) is 11.1. The maximum atomic E-state index is 12.3. The average molecular weight is 217 g/mol. The fraction of sp³-hybridized carbons (Fsp3) is 0.286. The van der Waals surface area contributed by atoms with Crippen LogP contribution in [0.3, 0.4) is 0 Å². The molecule has 0 aliphatic carbocycles. The number of fused-ring (bicyclic) bond motifs is 1. The molecule has 0 spiro atoms. The first-order valence-electron chi connectivity index (χ1n) is 5.54. The third-order valence-electron chi connectivity index (χ3n) is 3.00. The van der Waals surface area contributed by atoms with E-state index in [0.29, 0.717) is 6.42 Å². The van der Waals surface area contributed by atoms with Crippen molar-refractivity contribution in [3.8, 4) is 0 Å². The Morgan fingerprint density at radius 3 is 2.50 bits per heavy atom. The molecule has 0 saturated heterocycles. The van der Waals surface area contributed by atoms with E-state index < -0.39 is 0 Å². The number of nitrogens with two attached hydrogens (primary N) is 1. The molecule has 2 aromatic rings. The second-order valence-electron chi connectivity index (χ2n) is 4.10. The second kappa shape index (κ2) is 4.62. The fourth-order valence-corrected chi connectivity index (χ4v) is 2.07. The molecule has 2 N–H and O–H groups in total. The van der Waals surface area contributed by atoms with Gasteiger partial charge in [-0.15, -0.1) is 0 Å². The molecule has 0 amide bonds. The lowest BCUT2D eigenvalue weighted by Crippen LogP contribution is -2.11. The van der Waals surface area contributed by atoms with E-state index in [0.717, 1.165) is 10.9 Å². The zero-order valence-electron chi connectivity index (χ0n) is 9.41. The van der Waals surface area contributed by atoms with Crippen molar-refractivity contribution < 1.29 is 4.39 Å². The van der Waals surface area contributed by atoms with Crippen molar-refractivity contribution in [2.75, 3.05) is 6.67 Å². The summed E-state index contributed by atoms with van der Waals surface area (Å²) in [4.78, 5) is 0. The van der Waals surface area contributed by atoms with Gasteiger partial charge in [0.25, 0.3) is 0 Å². The maximum Gasteiger partial charge on any atom is 0.0912 e. The molecule has 2 rings (SSSR count). The molecule has 0 saturated carbocycles. The minimum atomic E-state index is -0.372. The molecule has 84 valence electrons. The van der Waals surface area contributed by atoms with Crippen molar-refractivity contribution >= 4 is 10.8 Å². The molecule has 1 atom stereocenters. The number of halogens is 1. The molecule has 0 aliphatic heterocycles. The summed E-state index contributed by atoms with van der Waals surface area (Å²) >= 11 is 0. The van der Waals surface area contributed by atoms with Crippen molar-refractivity contribution in [2.24, 2.45) is 5.73 Å². The van der Waals surface area contributed by atoms with Gasteiger partial charge in [0.1, 0.15) is 0 Å². The summed E-state index contributed by atoms with van der Waals surface area (Å²) in [6.07, 6.45) is 0.382. The van der Waals surface area contributed by atoms with Crippen LogP contribution in [-0.2, 0) is 0 Å². The highest BCUT2D eigenvalue weighted by Crippen LogP contribution is 2.27. The molecule has 0 bridgehead atoms. The standard InChI is InChI=1S/C14H16FN/c1-10-6-7-13(14(16)8-9-15)12-5-3-2-4-11(10)12/h2-7,14H,8-9,16H2,1H3/t14-/m1/s1. The first-order chi connectivity index (χ1) is 7.74. The van der Waals surface area contributed by atoms with Crippen LogP contribution in [-0.4, -0.2) is 6.67 Å². The summed E-state index contributed by atoms with van der Waals surface area (Å²) in [5, 5.41) is 2.35. The fourth-order valence-electron chi connectivity index (χ4n) is 2.07. The molecule has 2 heteroatoms. The van der Waals surface area contributed by atoms with Crippen molar-refractivity contribution in [3.05, 3.63) is 47.5 Å². The van der Waals surface area contributed by atoms with Crippen LogP contribution in [0.4, 0.5) is 4.39 Å². The Balaban J connectivity index is 2.58. The maximum absolute atomic E-state index is 12.3. The first-order valence-corrected chi connectivity index (χ1v) is 5.54. The third-order valence-corrected chi connectivity index (χ3v) is 3.00. The van der Waals surface area contributed by atoms with Gasteiger partial charge in [0.15, 0.2) is 0 Å². The van der Waals surface area contributed by atoms with Crippen molar-refractivity contribution in [1.29, 1.82) is 0 Å². The Bertz CT molecular complexity index is 493. The van der Waals surface area contributed by atoms with Crippen molar-refractivity contribution in [1.82, 2.24) is 0 Å². The topological polar surface area (TPSA) is 26.0 Å². The van der Waals surface area contributed by atoms with Crippen LogP contribution in [0, 0.1) is 6.92 Å². The second-order valence-corrected chi connectivity index (χ2v) is 4.10. The molecule has 16 heavy (non-hydrogen) atoms. The molecule has 0 aliphatic rings. The monoisotopic (exact) mass is 217 g/mol. The molecule has 0 radical (unpaired) electrons. The van der Waals surface area contributed by atoms with E-state index >= 15 is 0 Å². The summed E-state index contributed by atoms with van der Waals surface area (Å²) in [7, 11) is 0. The summed E-state index contributed by atoms with van der Waals surface area (Å²) in [6.45, 7) is 1.70. The number of hydrogen-bond acceptors (Lipinski definition) is 1. The lowest BCUT2D eigenvalue weighted by molar-refractivity contribution is 0.443. The van der Waals surface area contributed by atoms with Gasteiger partial charge in [-0.25, -0.2) is 0 Å². The lowest BCUT2D eigenvalue weighted by Gasteiger charge is -2.14. The van der Waals surface area contributed by atoms with E-state index in [-0.39, 0.29) is 12.7 Å². The highest BCUT2D eigenvalue weighted by atomic mass is 19.1. The minimum absolute atomic E-state index is 0.213. The van der Waals surface area contributed by atoms with Crippen LogP contribution in [0.25, 0.3) is 10.8 Å². The summed E-state index contributed by atoms with van der Waals surface area (Å²) < 4.78 is 12.3. The van der Waals surface area contributed by atoms with Crippen LogP contribution in [0.1, 0.15) is 23.6 Å². The van der Waals surface area contributed by atoms with Crippen molar-refractivity contribution in [2.45, 2.75) is 19.4 Å². The van der Waals surface area contributed by atoms with Gasteiger partial charge in [-0.1, -0.05) is 36.4 Å². The predicted molar refractivity (Wildman–Crippen MR) is 66.2 cm³/mol. The van der Waals surface area contributed by atoms with E-state index in [2.05, 4.69) is 25.1 Å².